The Morgan fingerprint density at radius 2 is 2.29 bits per heavy atom. The maximum Gasteiger partial charge on any atom is 0.330 e. The summed E-state index contributed by atoms with van der Waals surface area (Å²) in [4.78, 5) is 23.5. The van der Waals surface area contributed by atoms with Crippen molar-refractivity contribution in [3.63, 3.8) is 0 Å². The van der Waals surface area contributed by atoms with Gasteiger partial charge in [-0.1, -0.05) is 0 Å². The highest BCUT2D eigenvalue weighted by Crippen LogP contribution is 2.28. The lowest BCUT2D eigenvalue weighted by molar-refractivity contribution is -0.146. The summed E-state index contributed by atoms with van der Waals surface area (Å²) in [7, 11) is 1.43. The minimum Gasteiger partial charge on any atom is -0.496 e. The van der Waals surface area contributed by atoms with E-state index in [1.165, 1.54) is 37.1 Å². The molecule has 7 heteroatoms. The van der Waals surface area contributed by atoms with Gasteiger partial charge in [0, 0.05) is 11.3 Å². The normalized spacial score (nSPS) is 21.0. The first-order chi connectivity index (χ1) is 9.97. The largest absolute Gasteiger partial charge is 0.496 e. The van der Waals surface area contributed by atoms with E-state index in [-0.39, 0.29) is 6.42 Å². The Morgan fingerprint density at radius 1 is 1.52 bits per heavy atom. The van der Waals surface area contributed by atoms with Gasteiger partial charge in [0.15, 0.2) is 0 Å². The fourth-order valence-electron chi connectivity index (χ4n) is 2.26. The maximum atomic E-state index is 13.3. The minimum atomic E-state index is -1.22. The van der Waals surface area contributed by atoms with E-state index in [1.807, 2.05) is 0 Å². The molecule has 1 heterocycles. The Balaban J connectivity index is 2.11. The van der Waals surface area contributed by atoms with Crippen LogP contribution in [0.15, 0.2) is 18.2 Å². The number of benzene rings is 1. The van der Waals surface area contributed by atoms with Crippen LogP contribution in [0.5, 0.6) is 5.75 Å². The molecular formula is C14H16FNO4S. The summed E-state index contributed by atoms with van der Waals surface area (Å²) < 4.78 is 18.3. The summed E-state index contributed by atoms with van der Waals surface area (Å²) in [5, 5.41) is 11.9. The van der Waals surface area contributed by atoms with Crippen molar-refractivity contribution < 1.29 is 23.8 Å². The summed E-state index contributed by atoms with van der Waals surface area (Å²) in [5.41, 5.74) is -0.830. The van der Waals surface area contributed by atoms with Crippen molar-refractivity contribution in [2.24, 2.45) is 0 Å². The van der Waals surface area contributed by atoms with Crippen molar-refractivity contribution in [3.05, 3.63) is 29.6 Å². The van der Waals surface area contributed by atoms with Gasteiger partial charge in [0.05, 0.1) is 13.5 Å². The molecule has 0 aliphatic carbocycles. The van der Waals surface area contributed by atoms with Crippen molar-refractivity contribution in [1.29, 1.82) is 0 Å². The number of thioether (sulfide) groups is 1. The molecule has 1 amide bonds. The van der Waals surface area contributed by atoms with Gasteiger partial charge in [0.25, 0.3) is 0 Å². The van der Waals surface area contributed by atoms with E-state index in [9.17, 15) is 19.1 Å². The number of nitrogens with one attached hydrogen (secondary N) is 1. The van der Waals surface area contributed by atoms with Crippen molar-refractivity contribution >= 4 is 23.6 Å². The van der Waals surface area contributed by atoms with Gasteiger partial charge in [-0.3, -0.25) is 4.79 Å². The number of rotatable bonds is 5. The quantitative estimate of drug-likeness (QED) is 0.860. The fraction of sp³-hybridized carbons (Fsp3) is 0.429. The summed E-state index contributed by atoms with van der Waals surface area (Å²) in [5.74, 6) is -0.528. The molecule has 0 bridgehead atoms. The van der Waals surface area contributed by atoms with Crippen LogP contribution in [0, 0.1) is 5.82 Å². The number of carbonyl (C=O) groups excluding carboxylic acids is 1. The van der Waals surface area contributed by atoms with Gasteiger partial charge in [-0.05, 0) is 30.4 Å². The van der Waals surface area contributed by atoms with E-state index in [0.717, 1.165) is 0 Å². The van der Waals surface area contributed by atoms with Crippen molar-refractivity contribution in [3.8, 4) is 5.75 Å². The van der Waals surface area contributed by atoms with Crippen LogP contribution in [0.2, 0.25) is 0 Å². The molecule has 0 saturated carbocycles. The molecule has 1 aliphatic rings. The molecule has 114 valence electrons. The Morgan fingerprint density at radius 3 is 2.86 bits per heavy atom. The number of carboxylic acids is 1. The molecule has 0 spiro atoms. The third kappa shape index (κ3) is 3.47. The van der Waals surface area contributed by atoms with Gasteiger partial charge < -0.3 is 15.2 Å². The molecule has 21 heavy (non-hydrogen) atoms. The number of halogens is 1. The number of aliphatic carboxylic acids is 1. The van der Waals surface area contributed by atoms with E-state index in [4.69, 9.17) is 4.74 Å². The lowest BCUT2D eigenvalue weighted by Gasteiger charge is -2.24. The zero-order valence-corrected chi connectivity index (χ0v) is 12.3. The van der Waals surface area contributed by atoms with Crippen LogP contribution < -0.4 is 10.1 Å². The standard InChI is InChI=1S/C14H16FNO4S/c1-20-11-3-2-10(15)6-9(11)7-12(17)16-14(13(18)19)4-5-21-8-14/h2-3,6H,4-5,7-8H2,1H3,(H,16,17)(H,18,19). The molecule has 2 N–H and O–H groups in total. The number of hydrogen-bond donors (Lipinski definition) is 2. The number of carbonyl (C=O) groups is 2. The van der Waals surface area contributed by atoms with E-state index < -0.39 is 23.2 Å². The van der Waals surface area contributed by atoms with Gasteiger partial charge in [-0.25, -0.2) is 9.18 Å². The minimum absolute atomic E-state index is 0.124. The van der Waals surface area contributed by atoms with Gasteiger partial charge in [0.1, 0.15) is 17.1 Å². The molecule has 1 aliphatic heterocycles. The Hall–Kier alpha value is -1.76. The molecule has 0 aromatic heterocycles. The van der Waals surface area contributed by atoms with E-state index in [2.05, 4.69) is 5.32 Å². The molecule has 1 unspecified atom stereocenters. The van der Waals surface area contributed by atoms with Gasteiger partial charge in [-0.2, -0.15) is 11.8 Å². The van der Waals surface area contributed by atoms with Gasteiger partial charge in [0.2, 0.25) is 5.91 Å². The van der Waals surface area contributed by atoms with Crippen LogP contribution in [0.25, 0.3) is 0 Å². The molecular weight excluding hydrogens is 297 g/mol. The monoisotopic (exact) mass is 313 g/mol. The lowest BCUT2D eigenvalue weighted by atomic mass is 9.98. The smallest absolute Gasteiger partial charge is 0.330 e. The second-order valence-corrected chi connectivity index (χ2v) is 5.98. The number of ether oxygens (including phenoxy) is 1. The van der Waals surface area contributed by atoms with Crippen LogP contribution in [0.4, 0.5) is 4.39 Å². The van der Waals surface area contributed by atoms with Crippen LogP contribution in [-0.4, -0.2) is 41.1 Å². The molecule has 1 saturated heterocycles. The van der Waals surface area contributed by atoms with Crippen molar-refractivity contribution in [2.75, 3.05) is 18.6 Å². The molecule has 1 atom stereocenters. The number of carboxylic acid groups (broad SMARTS) is 1. The molecule has 0 radical (unpaired) electrons. The summed E-state index contributed by atoms with van der Waals surface area (Å²) >= 11 is 1.49. The highest BCUT2D eigenvalue weighted by molar-refractivity contribution is 7.99. The van der Waals surface area contributed by atoms with Gasteiger partial charge in [-0.15, -0.1) is 0 Å². The summed E-state index contributed by atoms with van der Waals surface area (Å²) in [6.45, 7) is 0. The van der Waals surface area contributed by atoms with Crippen LogP contribution in [-0.2, 0) is 16.0 Å². The molecule has 1 aromatic carbocycles. The number of amides is 1. The first kappa shape index (κ1) is 15.6. The predicted molar refractivity (Wildman–Crippen MR) is 77.1 cm³/mol. The lowest BCUT2D eigenvalue weighted by Crippen LogP contribution is -2.55. The van der Waals surface area contributed by atoms with Crippen molar-refractivity contribution in [1.82, 2.24) is 5.32 Å². The summed E-state index contributed by atoms with van der Waals surface area (Å²) in [6, 6.07) is 3.90. The number of methoxy groups -OCH3 is 1. The third-order valence-corrected chi connectivity index (χ3v) is 4.59. The van der Waals surface area contributed by atoms with Crippen LogP contribution >= 0.6 is 11.8 Å². The fourth-order valence-corrected chi connectivity index (χ4v) is 3.58. The molecule has 2 rings (SSSR count). The van der Waals surface area contributed by atoms with E-state index in [0.29, 0.717) is 29.2 Å². The third-order valence-electron chi connectivity index (χ3n) is 3.40. The first-order valence-corrected chi connectivity index (χ1v) is 7.57. The van der Waals surface area contributed by atoms with Crippen molar-refractivity contribution in [2.45, 2.75) is 18.4 Å². The van der Waals surface area contributed by atoms with E-state index >= 15 is 0 Å². The zero-order valence-electron chi connectivity index (χ0n) is 11.5. The Labute approximate surface area is 125 Å². The Kier molecular flexibility index (Phi) is 4.72. The average molecular weight is 313 g/mol. The van der Waals surface area contributed by atoms with E-state index in [1.54, 1.807) is 0 Å². The average Bonchev–Trinajstić information content (AvgIpc) is 2.88. The van der Waals surface area contributed by atoms with Crippen LogP contribution in [0.1, 0.15) is 12.0 Å². The summed E-state index contributed by atoms with van der Waals surface area (Å²) in [6.07, 6.45) is 0.264. The first-order valence-electron chi connectivity index (χ1n) is 6.41. The maximum absolute atomic E-state index is 13.3. The van der Waals surface area contributed by atoms with Crippen LogP contribution in [0.3, 0.4) is 0 Å². The predicted octanol–water partition coefficient (Wildman–Crippen LogP) is 1.45. The molecule has 5 nitrogen and oxygen atoms in total. The topological polar surface area (TPSA) is 75.6 Å². The highest BCUT2D eigenvalue weighted by atomic mass is 32.2. The van der Waals surface area contributed by atoms with Gasteiger partial charge >= 0.3 is 5.97 Å². The highest BCUT2D eigenvalue weighted by Gasteiger charge is 2.43. The zero-order chi connectivity index (χ0) is 15.5. The molecule has 1 aromatic rings. The molecule has 1 fully saturated rings. The second-order valence-electron chi connectivity index (χ2n) is 4.87. The second kappa shape index (κ2) is 6.34. The SMILES string of the molecule is COc1ccc(F)cc1CC(=O)NC1(C(=O)O)CCSC1. The number of hydrogen-bond acceptors (Lipinski definition) is 4. The Bertz CT molecular complexity index is 558.